The van der Waals surface area contributed by atoms with Crippen LogP contribution in [0.2, 0.25) is 10.0 Å². The molecule has 186 valence electrons. The fourth-order valence-electron chi connectivity index (χ4n) is 6.59. The number of hydrogen-bond acceptors (Lipinski definition) is 5. The van der Waals surface area contributed by atoms with Gasteiger partial charge in [-0.05, 0) is 52.9 Å². The third-order valence-electron chi connectivity index (χ3n) is 8.01. The third-order valence-corrected chi connectivity index (χ3v) is 9.36. The molecule has 1 aromatic heterocycles. The molecule has 2 aliphatic heterocycles. The van der Waals surface area contributed by atoms with Crippen LogP contribution in [0.25, 0.3) is 6.08 Å². The predicted molar refractivity (Wildman–Crippen MR) is 151 cm³/mol. The van der Waals surface area contributed by atoms with Crippen molar-refractivity contribution in [2.24, 2.45) is 5.41 Å². The lowest BCUT2D eigenvalue weighted by Crippen LogP contribution is -2.48. The van der Waals surface area contributed by atoms with Gasteiger partial charge < -0.3 is 4.90 Å². The van der Waals surface area contributed by atoms with Gasteiger partial charge >= 0.3 is 0 Å². The number of halogens is 2. The lowest BCUT2D eigenvalue weighted by atomic mass is 9.64. The topological polar surface area (TPSA) is 54.5 Å². The maximum Gasteiger partial charge on any atom is 0.195 e. The van der Waals surface area contributed by atoms with E-state index in [4.69, 9.17) is 23.2 Å². The SMILES string of the molecule is O=C(c1cccs1)[C@@H]1[C@H](c2cccc(Cl)c2)C2(C(=O)c3ccccc3C2=O)[C@H]2C=Cc3cc(Cl)ccc3N12. The number of rotatable bonds is 3. The highest BCUT2D eigenvalue weighted by molar-refractivity contribution is 7.12. The fraction of sp³-hybridized carbons (Fsp3) is 0.129. The van der Waals surface area contributed by atoms with Crippen LogP contribution in [0.4, 0.5) is 5.69 Å². The molecule has 0 amide bonds. The van der Waals surface area contributed by atoms with Crippen LogP contribution in [-0.4, -0.2) is 29.4 Å². The molecule has 3 aliphatic rings. The molecule has 3 aromatic carbocycles. The summed E-state index contributed by atoms with van der Waals surface area (Å²) in [6, 6.07) is 21.7. The highest BCUT2D eigenvalue weighted by atomic mass is 35.5. The van der Waals surface area contributed by atoms with Gasteiger partial charge in [-0.25, -0.2) is 0 Å². The van der Waals surface area contributed by atoms with Crippen molar-refractivity contribution in [3.8, 4) is 0 Å². The van der Waals surface area contributed by atoms with Gasteiger partial charge in [-0.3, -0.25) is 14.4 Å². The Kier molecular flexibility index (Phi) is 5.28. The van der Waals surface area contributed by atoms with Crippen molar-refractivity contribution >= 4 is 63.7 Å². The van der Waals surface area contributed by atoms with Crippen molar-refractivity contribution < 1.29 is 14.4 Å². The molecule has 1 aliphatic carbocycles. The predicted octanol–water partition coefficient (Wildman–Crippen LogP) is 7.37. The number of carbonyl (C=O) groups is 3. The zero-order valence-corrected chi connectivity index (χ0v) is 22.1. The summed E-state index contributed by atoms with van der Waals surface area (Å²) in [4.78, 5) is 46.0. The summed E-state index contributed by atoms with van der Waals surface area (Å²) in [5.74, 6) is -1.44. The molecule has 1 fully saturated rings. The van der Waals surface area contributed by atoms with Crippen LogP contribution in [0.3, 0.4) is 0 Å². The molecule has 1 spiro atoms. The van der Waals surface area contributed by atoms with E-state index in [-0.39, 0.29) is 17.3 Å². The van der Waals surface area contributed by atoms with Gasteiger partial charge in [0.25, 0.3) is 0 Å². The Hall–Kier alpha value is -3.51. The van der Waals surface area contributed by atoms with E-state index in [1.54, 1.807) is 54.6 Å². The summed E-state index contributed by atoms with van der Waals surface area (Å²) < 4.78 is 0. The minimum absolute atomic E-state index is 0.139. The highest BCUT2D eigenvalue weighted by Gasteiger charge is 2.71. The number of fused-ring (bicyclic) bond motifs is 5. The zero-order valence-electron chi connectivity index (χ0n) is 19.8. The van der Waals surface area contributed by atoms with E-state index in [0.29, 0.717) is 31.6 Å². The van der Waals surface area contributed by atoms with Gasteiger partial charge in [-0.15, -0.1) is 11.3 Å². The van der Waals surface area contributed by atoms with Crippen LogP contribution in [0.15, 0.2) is 90.3 Å². The number of anilines is 1. The van der Waals surface area contributed by atoms with Crippen molar-refractivity contribution in [2.45, 2.75) is 18.0 Å². The number of hydrogen-bond donors (Lipinski definition) is 0. The summed E-state index contributed by atoms with van der Waals surface area (Å²) in [6.07, 6.45) is 3.79. The molecule has 7 heteroatoms. The molecule has 38 heavy (non-hydrogen) atoms. The largest absolute Gasteiger partial charge is 0.352 e. The number of ketones is 3. The molecule has 7 rings (SSSR count). The summed E-state index contributed by atoms with van der Waals surface area (Å²) >= 11 is 14.1. The van der Waals surface area contributed by atoms with Gasteiger partial charge in [0.1, 0.15) is 11.5 Å². The molecule has 0 radical (unpaired) electrons. The van der Waals surface area contributed by atoms with Gasteiger partial charge in [0.05, 0.1) is 10.9 Å². The van der Waals surface area contributed by atoms with Gasteiger partial charge in [-0.1, -0.05) is 77.8 Å². The van der Waals surface area contributed by atoms with Crippen molar-refractivity contribution in [3.05, 3.63) is 127 Å². The molecule has 1 saturated heterocycles. The average molecular weight is 556 g/mol. The Bertz CT molecular complexity index is 1660. The summed E-state index contributed by atoms with van der Waals surface area (Å²) in [5.41, 5.74) is 1.51. The van der Waals surface area contributed by atoms with E-state index in [1.807, 2.05) is 46.7 Å². The molecular formula is C31H19Cl2NO3S. The van der Waals surface area contributed by atoms with Gasteiger partial charge in [0, 0.05) is 32.8 Å². The van der Waals surface area contributed by atoms with Crippen LogP contribution < -0.4 is 4.90 Å². The molecule has 0 N–H and O–H groups in total. The first-order valence-corrected chi connectivity index (χ1v) is 13.8. The first kappa shape index (κ1) is 23.6. The second-order valence-corrected chi connectivity index (χ2v) is 11.6. The van der Waals surface area contributed by atoms with Crippen molar-refractivity contribution in [3.63, 3.8) is 0 Å². The number of nitrogens with zero attached hydrogens (tertiary/aromatic N) is 1. The summed E-state index contributed by atoms with van der Waals surface area (Å²) in [6.45, 7) is 0. The Morgan fingerprint density at radius 2 is 1.58 bits per heavy atom. The standard InChI is InChI=1S/C31H19Cl2NO3S/c32-19-6-3-5-18(16-19)26-27(28(35)24-9-4-14-38-24)34-23-12-11-20(33)15-17(23)10-13-25(34)31(26)29(36)21-7-1-2-8-22(21)30(31)37/h1-16,25-27H/t25-,26+,27+/m1/s1. The van der Waals surface area contributed by atoms with Crippen LogP contribution in [0, 0.1) is 5.41 Å². The minimum Gasteiger partial charge on any atom is -0.352 e. The molecule has 3 atom stereocenters. The van der Waals surface area contributed by atoms with Crippen LogP contribution in [-0.2, 0) is 0 Å². The highest BCUT2D eigenvalue weighted by Crippen LogP contribution is 2.61. The second kappa shape index (κ2) is 8.50. The zero-order chi connectivity index (χ0) is 26.2. The Morgan fingerprint density at radius 3 is 2.26 bits per heavy atom. The molecule has 4 nitrogen and oxygen atoms in total. The smallest absolute Gasteiger partial charge is 0.195 e. The van der Waals surface area contributed by atoms with E-state index >= 15 is 0 Å². The molecule has 4 aromatic rings. The minimum atomic E-state index is -1.54. The van der Waals surface area contributed by atoms with Crippen molar-refractivity contribution in [1.82, 2.24) is 0 Å². The average Bonchev–Trinajstić information content (AvgIpc) is 3.62. The second-order valence-electron chi connectivity index (χ2n) is 9.81. The van der Waals surface area contributed by atoms with E-state index in [2.05, 4.69) is 0 Å². The third kappa shape index (κ3) is 3.07. The molecule has 0 bridgehead atoms. The Labute approximate surface area is 233 Å². The van der Waals surface area contributed by atoms with Crippen LogP contribution >= 0.6 is 34.5 Å². The fourth-order valence-corrected chi connectivity index (χ4v) is 7.66. The molecule has 0 unspecified atom stereocenters. The maximum atomic E-state index is 14.5. The number of benzene rings is 3. The maximum absolute atomic E-state index is 14.5. The Morgan fingerprint density at radius 1 is 0.842 bits per heavy atom. The van der Waals surface area contributed by atoms with Crippen LogP contribution in [0.5, 0.6) is 0 Å². The van der Waals surface area contributed by atoms with Gasteiger partial charge in [-0.2, -0.15) is 0 Å². The summed E-state index contributed by atoms with van der Waals surface area (Å²) in [7, 11) is 0. The number of carbonyl (C=O) groups excluding carboxylic acids is 3. The van der Waals surface area contributed by atoms with Gasteiger partial charge in [0.15, 0.2) is 17.3 Å². The van der Waals surface area contributed by atoms with E-state index in [1.165, 1.54) is 11.3 Å². The van der Waals surface area contributed by atoms with E-state index in [9.17, 15) is 14.4 Å². The van der Waals surface area contributed by atoms with Gasteiger partial charge in [0.2, 0.25) is 0 Å². The summed E-state index contributed by atoms with van der Waals surface area (Å²) in [5, 5.41) is 2.90. The lowest BCUT2D eigenvalue weighted by Gasteiger charge is -2.37. The first-order chi connectivity index (χ1) is 18.4. The van der Waals surface area contributed by atoms with E-state index < -0.39 is 23.4 Å². The monoisotopic (exact) mass is 555 g/mol. The first-order valence-electron chi connectivity index (χ1n) is 12.2. The van der Waals surface area contributed by atoms with Crippen molar-refractivity contribution in [1.29, 1.82) is 0 Å². The number of thiophene rings is 1. The Balaban J connectivity index is 1.57. The lowest BCUT2D eigenvalue weighted by molar-refractivity contribution is 0.0666. The molecule has 3 heterocycles. The quantitative estimate of drug-likeness (QED) is 0.195. The molecular weight excluding hydrogens is 537 g/mol. The van der Waals surface area contributed by atoms with Crippen molar-refractivity contribution in [2.75, 3.05) is 4.90 Å². The normalized spacial score (nSPS) is 22.5. The molecule has 0 saturated carbocycles. The van der Waals surface area contributed by atoms with Crippen LogP contribution in [0.1, 0.15) is 47.4 Å². The number of Topliss-reactive ketones (excluding diaryl/α,β-unsaturated/α-hetero) is 3. The van der Waals surface area contributed by atoms with E-state index in [0.717, 1.165) is 11.3 Å².